The summed E-state index contributed by atoms with van der Waals surface area (Å²) in [6, 6.07) is 19.2. The van der Waals surface area contributed by atoms with Gasteiger partial charge in [-0.3, -0.25) is 9.10 Å². The quantitative estimate of drug-likeness (QED) is 0.464. The number of hydrogen-bond donors (Lipinski definition) is 1. The number of anilines is 1. The van der Waals surface area contributed by atoms with Crippen LogP contribution in [0.3, 0.4) is 0 Å². The van der Waals surface area contributed by atoms with Gasteiger partial charge in [-0.25, -0.2) is 8.42 Å². The zero-order valence-electron chi connectivity index (χ0n) is 18.7. The Bertz CT molecular complexity index is 1230. The summed E-state index contributed by atoms with van der Waals surface area (Å²) in [5.41, 5.74) is 0.747. The second kappa shape index (κ2) is 10.3. The summed E-state index contributed by atoms with van der Waals surface area (Å²) in [5, 5.41) is 2.52. The lowest BCUT2D eigenvalue weighted by molar-refractivity contribution is -0.137. The van der Waals surface area contributed by atoms with Crippen LogP contribution in [-0.4, -0.2) is 20.9 Å². The second-order valence-corrected chi connectivity index (χ2v) is 9.91. The number of halogens is 3. The zero-order chi connectivity index (χ0) is 24.9. The van der Waals surface area contributed by atoms with E-state index in [9.17, 15) is 26.4 Å². The largest absolute Gasteiger partial charge is 0.416 e. The fraction of sp³-hybridized carbons (Fsp3) is 0.240. The van der Waals surface area contributed by atoms with E-state index in [1.165, 1.54) is 24.3 Å². The second-order valence-electron chi connectivity index (χ2n) is 8.05. The highest BCUT2D eigenvalue weighted by Gasteiger charge is 2.30. The molecule has 180 valence electrons. The van der Waals surface area contributed by atoms with Crippen LogP contribution in [-0.2, 0) is 27.5 Å². The molecule has 1 amide bonds. The number of carbonyl (C=O) groups excluding carboxylic acids is 1. The van der Waals surface area contributed by atoms with E-state index >= 15 is 0 Å². The average molecular weight is 491 g/mol. The van der Waals surface area contributed by atoms with Crippen LogP contribution in [0.25, 0.3) is 0 Å². The van der Waals surface area contributed by atoms with Crippen LogP contribution < -0.4 is 9.62 Å². The number of carbonyl (C=O) groups is 1. The summed E-state index contributed by atoms with van der Waals surface area (Å²) in [4.78, 5) is 12.7. The number of sulfonamides is 1. The molecule has 0 radical (unpaired) electrons. The lowest BCUT2D eigenvalue weighted by Crippen LogP contribution is -2.40. The summed E-state index contributed by atoms with van der Waals surface area (Å²) < 4.78 is 66.5. The van der Waals surface area contributed by atoms with E-state index in [1.54, 1.807) is 42.5 Å². The Kier molecular flexibility index (Phi) is 7.66. The van der Waals surface area contributed by atoms with Gasteiger partial charge < -0.3 is 5.32 Å². The van der Waals surface area contributed by atoms with E-state index in [1.807, 2.05) is 13.8 Å². The SMILES string of the molecule is CC(C)c1ccc(N(CC(=O)NCc2cccc(C(F)(F)F)c2)S(=O)(=O)c2ccccc2)cc1. The van der Waals surface area contributed by atoms with Gasteiger partial charge in [0.1, 0.15) is 6.54 Å². The molecule has 0 spiro atoms. The normalized spacial score (nSPS) is 11.9. The van der Waals surface area contributed by atoms with E-state index in [2.05, 4.69) is 5.32 Å². The molecule has 1 N–H and O–H groups in total. The van der Waals surface area contributed by atoms with Crippen molar-refractivity contribution in [3.8, 4) is 0 Å². The molecule has 34 heavy (non-hydrogen) atoms. The standard InChI is InChI=1S/C25H25F3N2O3S/c1-18(2)20-11-13-22(14-12-20)30(34(32,33)23-9-4-3-5-10-23)17-24(31)29-16-19-7-6-8-21(15-19)25(26,27)28/h3-15,18H,16-17H2,1-2H3,(H,29,31). The third-order valence-corrected chi connectivity index (χ3v) is 7.00. The van der Waals surface area contributed by atoms with Crippen molar-refractivity contribution < 1.29 is 26.4 Å². The molecule has 0 aliphatic heterocycles. The summed E-state index contributed by atoms with van der Waals surface area (Å²) >= 11 is 0. The predicted molar refractivity (Wildman–Crippen MR) is 125 cm³/mol. The van der Waals surface area contributed by atoms with Crippen molar-refractivity contribution in [3.63, 3.8) is 0 Å². The van der Waals surface area contributed by atoms with E-state index in [0.29, 0.717) is 5.69 Å². The fourth-order valence-electron chi connectivity index (χ4n) is 3.30. The molecule has 0 heterocycles. The predicted octanol–water partition coefficient (Wildman–Crippen LogP) is 5.34. The topological polar surface area (TPSA) is 66.5 Å². The number of nitrogens with zero attached hydrogens (tertiary/aromatic N) is 1. The molecule has 0 saturated heterocycles. The number of alkyl halides is 3. The fourth-order valence-corrected chi connectivity index (χ4v) is 4.75. The first kappa shape index (κ1) is 25.3. The maximum Gasteiger partial charge on any atom is 0.416 e. The number of benzene rings is 3. The van der Waals surface area contributed by atoms with Crippen molar-refractivity contribution in [1.82, 2.24) is 5.32 Å². The average Bonchev–Trinajstić information content (AvgIpc) is 2.81. The van der Waals surface area contributed by atoms with Gasteiger partial charge in [-0.2, -0.15) is 13.2 Å². The van der Waals surface area contributed by atoms with Gasteiger partial charge in [0, 0.05) is 6.54 Å². The molecule has 3 aromatic carbocycles. The molecule has 0 saturated carbocycles. The highest BCUT2D eigenvalue weighted by atomic mass is 32.2. The van der Waals surface area contributed by atoms with E-state index in [0.717, 1.165) is 22.0 Å². The van der Waals surface area contributed by atoms with Crippen LogP contribution in [0.2, 0.25) is 0 Å². The van der Waals surface area contributed by atoms with Crippen LogP contribution in [0.4, 0.5) is 18.9 Å². The lowest BCUT2D eigenvalue weighted by atomic mass is 10.0. The van der Waals surface area contributed by atoms with Crippen LogP contribution in [0, 0.1) is 0 Å². The third kappa shape index (κ3) is 6.17. The Morgan fingerprint density at radius 3 is 2.18 bits per heavy atom. The molecule has 0 fully saturated rings. The Morgan fingerprint density at radius 1 is 0.941 bits per heavy atom. The summed E-state index contributed by atoms with van der Waals surface area (Å²) in [6.07, 6.45) is -4.50. The molecule has 9 heteroatoms. The van der Waals surface area contributed by atoms with E-state index in [4.69, 9.17) is 0 Å². The molecule has 5 nitrogen and oxygen atoms in total. The molecular formula is C25H25F3N2O3S. The molecule has 3 aromatic rings. The molecule has 3 rings (SSSR count). The minimum Gasteiger partial charge on any atom is -0.350 e. The molecule has 0 aliphatic carbocycles. The first-order chi connectivity index (χ1) is 16.0. The lowest BCUT2D eigenvalue weighted by Gasteiger charge is -2.24. The van der Waals surface area contributed by atoms with Crippen LogP contribution in [0.1, 0.15) is 36.5 Å². The van der Waals surface area contributed by atoms with E-state index < -0.39 is 34.2 Å². The first-order valence-corrected chi connectivity index (χ1v) is 12.0. The van der Waals surface area contributed by atoms with Crippen molar-refractivity contribution >= 4 is 21.6 Å². The van der Waals surface area contributed by atoms with Crippen molar-refractivity contribution in [1.29, 1.82) is 0 Å². The minimum atomic E-state index is -4.50. The Hall–Kier alpha value is -3.33. The molecule has 0 aliphatic rings. The van der Waals surface area contributed by atoms with Gasteiger partial charge in [0.15, 0.2) is 0 Å². The van der Waals surface area contributed by atoms with Gasteiger partial charge in [0.05, 0.1) is 16.1 Å². The van der Waals surface area contributed by atoms with Crippen molar-refractivity contribution in [2.24, 2.45) is 0 Å². The van der Waals surface area contributed by atoms with Gasteiger partial charge in [-0.05, 0) is 53.4 Å². The van der Waals surface area contributed by atoms with Gasteiger partial charge in [-0.15, -0.1) is 0 Å². The smallest absolute Gasteiger partial charge is 0.350 e. The number of rotatable bonds is 8. The number of hydrogen-bond acceptors (Lipinski definition) is 3. The van der Waals surface area contributed by atoms with Crippen LogP contribution in [0.15, 0.2) is 83.8 Å². The molecule has 0 aromatic heterocycles. The van der Waals surface area contributed by atoms with Gasteiger partial charge in [0.25, 0.3) is 10.0 Å². The van der Waals surface area contributed by atoms with Gasteiger partial charge in [0.2, 0.25) is 5.91 Å². The van der Waals surface area contributed by atoms with E-state index in [-0.39, 0.29) is 22.9 Å². The zero-order valence-corrected chi connectivity index (χ0v) is 19.5. The monoisotopic (exact) mass is 490 g/mol. The van der Waals surface area contributed by atoms with Crippen molar-refractivity contribution in [3.05, 3.63) is 95.6 Å². The van der Waals surface area contributed by atoms with Gasteiger partial charge in [-0.1, -0.05) is 56.3 Å². The maximum absolute atomic E-state index is 13.3. The van der Waals surface area contributed by atoms with Crippen molar-refractivity contribution in [2.45, 2.75) is 37.4 Å². The summed E-state index contributed by atoms with van der Waals surface area (Å²) in [6.45, 7) is 3.31. The molecule has 0 bridgehead atoms. The van der Waals surface area contributed by atoms with Crippen molar-refractivity contribution in [2.75, 3.05) is 10.8 Å². The number of nitrogens with one attached hydrogen (secondary N) is 1. The van der Waals surface area contributed by atoms with Crippen LogP contribution >= 0.6 is 0 Å². The number of amides is 1. The molecule has 0 atom stereocenters. The Morgan fingerprint density at radius 2 is 1.59 bits per heavy atom. The third-order valence-electron chi connectivity index (χ3n) is 5.21. The minimum absolute atomic E-state index is 0.0219. The maximum atomic E-state index is 13.3. The Labute approximate surface area is 197 Å². The Balaban J connectivity index is 1.83. The highest BCUT2D eigenvalue weighted by Crippen LogP contribution is 2.29. The molecule has 0 unspecified atom stereocenters. The first-order valence-electron chi connectivity index (χ1n) is 10.6. The van der Waals surface area contributed by atoms with Crippen LogP contribution in [0.5, 0.6) is 0 Å². The summed E-state index contributed by atoms with van der Waals surface area (Å²) in [7, 11) is -4.07. The van der Waals surface area contributed by atoms with Gasteiger partial charge >= 0.3 is 6.18 Å². The highest BCUT2D eigenvalue weighted by molar-refractivity contribution is 7.92. The summed E-state index contributed by atoms with van der Waals surface area (Å²) in [5.74, 6) is -0.408. The molecular weight excluding hydrogens is 465 g/mol.